The van der Waals surface area contributed by atoms with Crippen molar-refractivity contribution in [1.82, 2.24) is 0 Å². The molecular formula is C13H18O2. The fraction of sp³-hybridized carbons (Fsp3) is 0.462. The number of hydrogen-bond donors (Lipinski definition) is 1. The van der Waals surface area contributed by atoms with Crippen molar-refractivity contribution in [2.75, 3.05) is 0 Å². The molecule has 0 saturated heterocycles. The first-order chi connectivity index (χ1) is 7.09. The molecule has 0 amide bonds. The largest absolute Gasteiger partial charge is 0.388 e. The van der Waals surface area contributed by atoms with Crippen LogP contribution < -0.4 is 0 Å². The molecule has 0 fully saturated rings. The van der Waals surface area contributed by atoms with Crippen molar-refractivity contribution in [3.8, 4) is 0 Å². The third kappa shape index (κ3) is 4.26. The molecule has 1 N–H and O–H groups in total. The third-order valence-electron chi connectivity index (χ3n) is 2.24. The van der Waals surface area contributed by atoms with E-state index in [2.05, 4.69) is 0 Å². The zero-order valence-electron chi connectivity index (χ0n) is 9.31. The Kier molecular flexibility index (Phi) is 4.50. The maximum Gasteiger partial charge on any atom is 0.136 e. The van der Waals surface area contributed by atoms with E-state index in [4.69, 9.17) is 0 Å². The van der Waals surface area contributed by atoms with Crippen LogP contribution in [0.5, 0.6) is 0 Å². The van der Waals surface area contributed by atoms with Gasteiger partial charge in [0, 0.05) is 12.8 Å². The summed E-state index contributed by atoms with van der Waals surface area (Å²) in [4.78, 5) is 11.5. The molecule has 1 rings (SSSR count). The number of hydrogen-bond acceptors (Lipinski definition) is 2. The van der Waals surface area contributed by atoms with Gasteiger partial charge in [0.2, 0.25) is 0 Å². The quantitative estimate of drug-likeness (QED) is 0.804. The Bertz CT molecular complexity index is 304. The van der Waals surface area contributed by atoms with Gasteiger partial charge in [0.25, 0.3) is 0 Å². The van der Waals surface area contributed by atoms with Crippen molar-refractivity contribution in [1.29, 1.82) is 0 Å². The van der Waals surface area contributed by atoms with Crippen molar-refractivity contribution < 1.29 is 9.90 Å². The van der Waals surface area contributed by atoms with E-state index in [1.54, 1.807) is 0 Å². The summed E-state index contributed by atoms with van der Waals surface area (Å²) in [5, 5.41) is 9.78. The second-order valence-electron chi connectivity index (χ2n) is 4.27. The Hall–Kier alpha value is -1.15. The zero-order valence-corrected chi connectivity index (χ0v) is 9.31. The van der Waals surface area contributed by atoms with Gasteiger partial charge < -0.3 is 5.11 Å². The lowest BCUT2D eigenvalue weighted by atomic mass is 9.99. The van der Waals surface area contributed by atoms with Gasteiger partial charge in [-0.15, -0.1) is 0 Å². The summed E-state index contributed by atoms with van der Waals surface area (Å²) in [7, 11) is 0. The average Bonchev–Trinajstić information content (AvgIpc) is 2.17. The predicted molar refractivity (Wildman–Crippen MR) is 60.5 cm³/mol. The molecule has 1 aromatic carbocycles. The summed E-state index contributed by atoms with van der Waals surface area (Å²) in [5.41, 5.74) is 0.814. The molecule has 15 heavy (non-hydrogen) atoms. The lowest BCUT2D eigenvalue weighted by molar-refractivity contribution is -0.121. The molecule has 0 bridgehead atoms. The van der Waals surface area contributed by atoms with Crippen LogP contribution in [0, 0.1) is 5.92 Å². The fourth-order valence-corrected chi connectivity index (χ4v) is 1.55. The second kappa shape index (κ2) is 5.66. The number of carbonyl (C=O) groups is 1. The van der Waals surface area contributed by atoms with Gasteiger partial charge in [0.05, 0.1) is 6.10 Å². The second-order valence-corrected chi connectivity index (χ2v) is 4.27. The van der Waals surface area contributed by atoms with E-state index in [-0.39, 0.29) is 12.2 Å². The minimum atomic E-state index is -0.655. The van der Waals surface area contributed by atoms with Crippen LogP contribution in [0.3, 0.4) is 0 Å². The third-order valence-corrected chi connectivity index (χ3v) is 2.24. The molecule has 0 heterocycles. The summed E-state index contributed by atoms with van der Waals surface area (Å²) >= 11 is 0. The number of benzene rings is 1. The summed E-state index contributed by atoms with van der Waals surface area (Å²) in [5.74, 6) is 0.488. The van der Waals surface area contributed by atoms with Crippen LogP contribution in [0.4, 0.5) is 0 Å². The predicted octanol–water partition coefficient (Wildman–Crippen LogP) is 2.73. The van der Waals surface area contributed by atoms with Crippen molar-refractivity contribution in [2.24, 2.45) is 5.92 Å². The van der Waals surface area contributed by atoms with Crippen molar-refractivity contribution >= 4 is 5.78 Å². The van der Waals surface area contributed by atoms with Crippen LogP contribution in [-0.4, -0.2) is 10.9 Å². The highest BCUT2D eigenvalue weighted by Gasteiger charge is 2.13. The molecule has 0 aliphatic rings. The zero-order chi connectivity index (χ0) is 11.3. The first-order valence-corrected chi connectivity index (χ1v) is 5.34. The Balaban J connectivity index is 2.49. The van der Waals surface area contributed by atoms with E-state index in [1.807, 2.05) is 44.2 Å². The monoisotopic (exact) mass is 206 g/mol. The van der Waals surface area contributed by atoms with Crippen LogP contribution in [-0.2, 0) is 4.79 Å². The molecule has 0 spiro atoms. The van der Waals surface area contributed by atoms with Crippen LogP contribution in [0.2, 0.25) is 0 Å². The van der Waals surface area contributed by atoms with Gasteiger partial charge >= 0.3 is 0 Å². The van der Waals surface area contributed by atoms with E-state index < -0.39 is 6.10 Å². The maximum atomic E-state index is 11.5. The molecular weight excluding hydrogens is 188 g/mol. The molecule has 0 aliphatic heterocycles. The number of carbonyl (C=O) groups excluding carboxylic acids is 1. The minimum Gasteiger partial charge on any atom is -0.388 e. The van der Waals surface area contributed by atoms with Crippen LogP contribution in [0.1, 0.15) is 38.4 Å². The SMILES string of the molecule is CC(C)CC(=O)CC(O)c1ccccc1. The molecule has 82 valence electrons. The lowest BCUT2D eigenvalue weighted by Gasteiger charge is -2.10. The lowest BCUT2D eigenvalue weighted by Crippen LogP contribution is -2.08. The highest BCUT2D eigenvalue weighted by atomic mass is 16.3. The molecule has 1 atom stereocenters. The van der Waals surface area contributed by atoms with Gasteiger partial charge in [-0.05, 0) is 11.5 Å². The molecule has 1 unspecified atom stereocenters. The summed E-state index contributed by atoms with van der Waals surface area (Å²) in [6, 6.07) is 9.31. The Morgan fingerprint density at radius 2 is 1.80 bits per heavy atom. The molecule has 2 nitrogen and oxygen atoms in total. The van der Waals surface area contributed by atoms with Gasteiger partial charge in [0.1, 0.15) is 5.78 Å². The van der Waals surface area contributed by atoms with Crippen LogP contribution in [0.25, 0.3) is 0 Å². The first kappa shape index (κ1) is 11.9. The van der Waals surface area contributed by atoms with Gasteiger partial charge in [-0.25, -0.2) is 0 Å². The van der Waals surface area contributed by atoms with Crippen LogP contribution >= 0.6 is 0 Å². The smallest absolute Gasteiger partial charge is 0.136 e. The highest BCUT2D eigenvalue weighted by molar-refractivity contribution is 5.79. The van der Waals surface area contributed by atoms with E-state index in [1.165, 1.54) is 0 Å². The molecule has 0 saturated carbocycles. The highest BCUT2D eigenvalue weighted by Crippen LogP contribution is 2.18. The van der Waals surface area contributed by atoms with E-state index >= 15 is 0 Å². The molecule has 0 aromatic heterocycles. The van der Waals surface area contributed by atoms with Gasteiger partial charge in [-0.1, -0.05) is 44.2 Å². The van der Waals surface area contributed by atoms with Gasteiger partial charge in [-0.2, -0.15) is 0 Å². The summed E-state index contributed by atoms with van der Waals surface area (Å²) < 4.78 is 0. The average molecular weight is 206 g/mol. The van der Waals surface area contributed by atoms with E-state index in [9.17, 15) is 9.90 Å². The fourth-order valence-electron chi connectivity index (χ4n) is 1.55. The van der Waals surface area contributed by atoms with Gasteiger partial charge in [0.15, 0.2) is 0 Å². The maximum absolute atomic E-state index is 11.5. The first-order valence-electron chi connectivity index (χ1n) is 5.34. The normalized spacial score (nSPS) is 12.8. The number of rotatable bonds is 5. The topological polar surface area (TPSA) is 37.3 Å². The Morgan fingerprint density at radius 3 is 2.33 bits per heavy atom. The molecule has 0 radical (unpaired) electrons. The van der Waals surface area contributed by atoms with Crippen molar-refractivity contribution in [2.45, 2.75) is 32.8 Å². The number of aliphatic hydroxyl groups is 1. The Labute approximate surface area is 90.9 Å². The summed E-state index contributed by atoms with van der Waals surface area (Å²) in [6.45, 7) is 4.01. The van der Waals surface area contributed by atoms with E-state index in [0.717, 1.165) is 5.56 Å². The molecule has 2 heteroatoms. The standard InChI is InChI=1S/C13H18O2/c1-10(2)8-12(14)9-13(15)11-6-4-3-5-7-11/h3-7,10,13,15H,8-9H2,1-2H3. The molecule has 0 aliphatic carbocycles. The molecule has 1 aromatic rings. The van der Waals surface area contributed by atoms with Crippen molar-refractivity contribution in [3.63, 3.8) is 0 Å². The Morgan fingerprint density at radius 1 is 1.20 bits per heavy atom. The van der Waals surface area contributed by atoms with E-state index in [0.29, 0.717) is 12.3 Å². The minimum absolute atomic E-state index is 0.126. The van der Waals surface area contributed by atoms with Crippen LogP contribution in [0.15, 0.2) is 30.3 Å². The van der Waals surface area contributed by atoms with Crippen molar-refractivity contribution in [3.05, 3.63) is 35.9 Å². The summed E-state index contributed by atoms with van der Waals surface area (Å²) in [6.07, 6.45) is 0.115. The number of Topliss-reactive ketones (excluding diaryl/α,β-unsaturated/α-hetero) is 1. The number of ketones is 1. The number of aliphatic hydroxyl groups excluding tert-OH is 1. The van der Waals surface area contributed by atoms with Gasteiger partial charge in [-0.3, -0.25) is 4.79 Å².